The molecular formula is C6H4ClNO4S. The topological polar surface area (TPSA) is 69.4 Å². The van der Waals surface area contributed by atoms with Gasteiger partial charge in [-0.05, 0) is 6.07 Å². The van der Waals surface area contributed by atoms with E-state index in [0.717, 1.165) is 18.4 Å². The summed E-state index contributed by atoms with van der Waals surface area (Å²) < 4.78 is 4.53. The van der Waals surface area contributed by atoms with E-state index in [2.05, 4.69) is 4.74 Å². The second-order valence-electron chi connectivity index (χ2n) is 2.02. The summed E-state index contributed by atoms with van der Waals surface area (Å²) in [5.41, 5.74) is -0.109. The number of thiophene rings is 1. The van der Waals surface area contributed by atoms with E-state index in [1.807, 2.05) is 0 Å². The largest absolute Gasteiger partial charge is 0.465 e. The van der Waals surface area contributed by atoms with Gasteiger partial charge in [0.1, 0.15) is 4.34 Å². The van der Waals surface area contributed by atoms with Gasteiger partial charge in [0.05, 0.1) is 12.0 Å². The van der Waals surface area contributed by atoms with Gasteiger partial charge in [0.25, 0.3) is 0 Å². The molecule has 5 nitrogen and oxygen atoms in total. The van der Waals surface area contributed by atoms with Crippen molar-refractivity contribution >= 4 is 33.9 Å². The summed E-state index contributed by atoms with van der Waals surface area (Å²) in [7, 11) is 1.15. The third-order valence-electron chi connectivity index (χ3n) is 1.25. The predicted molar refractivity (Wildman–Crippen MR) is 47.3 cm³/mol. The number of esters is 1. The van der Waals surface area contributed by atoms with Gasteiger partial charge in [0.15, 0.2) is 5.56 Å². The van der Waals surface area contributed by atoms with Crippen molar-refractivity contribution in [2.75, 3.05) is 7.11 Å². The van der Waals surface area contributed by atoms with Crippen molar-refractivity contribution in [2.24, 2.45) is 0 Å². The standard InChI is InChI=1S/C6H4ClNO4S/c1-12-6(9)3-2-4(7)13-5(3)8(10)11/h2H,1H3. The first-order valence-corrected chi connectivity index (χ1v) is 4.27. The van der Waals surface area contributed by atoms with Gasteiger partial charge in [0.2, 0.25) is 0 Å². The van der Waals surface area contributed by atoms with E-state index >= 15 is 0 Å². The Morgan fingerprint density at radius 1 is 1.77 bits per heavy atom. The average Bonchev–Trinajstić information content (AvgIpc) is 2.46. The van der Waals surface area contributed by atoms with Gasteiger partial charge in [0, 0.05) is 0 Å². The third-order valence-corrected chi connectivity index (χ3v) is 2.47. The van der Waals surface area contributed by atoms with Gasteiger partial charge < -0.3 is 4.74 Å². The quantitative estimate of drug-likeness (QED) is 0.436. The van der Waals surface area contributed by atoms with Crippen LogP contribution < -0.4 is 0 Å². The van der Waals surface area contributed by atoms with Crippen molar-refractivity contribution in [3.05, 3.63) is 26.1 Å². The van der Waals surface area contributed by atoms with Gasteiger partial charge in [-0.15, -0.1) is 0 Å². The minimum atomic E-state index is -0.755. The molecule has 1 aromatic rings. The molecule has 7 heteroatoms. The molecule has 0 aliphatic heterocycles. The molecule has 1 rings (SSSR count). The van der Waals surface area contributed by atoms with Crippen molar-refractivity contribution in [3.8, 4) is 0 Å². The highest BCUT2D eigenvalue weighted by atomic mass is 35.5. The van der Waals surface area contributed by atoms with Crippen molar-refractivity contribution in [1.29, 1.82) is 0 Å². The smallest absolute Gasteiger partial charge is 0.345 e. The number of ether oxygens (including phenoxy) is 1. The van der Waals surface area contributed by atoms with Crippen LogP contribution in [0.25, 0.3) is 0 Å². The van der Waals surface area contributed by atoms with Crippen LogP contribution in [0.1, 0.15) is 10.4 Å². The summed E-state index contributed by atoms with van der Waals surface area (Å²) in [6.07, 6.45) is 0. The molecule has 0 unspecified atom stereocenters. The number of carbonyl (C=O) groups is 1. The molecule has 0 atom stereocenters. The van der Waals surface area contributed by atoms with Gasteiger partial charge >= 0.3 is 11.0 Å². The number of halogens is 1. The lowest BCUT2D eigenvalue weighted by Crippen LogP contribution is -2.02. The van der Waals surface area contributed by atoms with Crippen LogP contribution in [0.4, 0.5) is 5.00 Å². The van der Waals surface area contributed by atoms with E-state index < -0.39 is 10.9 Å². The van der Waals surface area contributed by atoms with Crippen molar-refractivity contribution in [1.82, 2.24) is 0 Å². The Labute approximate surface area is 82.0 Å². The number of methoxy groups -OCH3 is 1. The molecule has 0 aliphatic rings. The average molecular weight is 222 g/mol. The fourth-order valence-corrected chi connectivity index (χ4v) is 1.76. The zero-order chi connectivity index (χ0) is 10.0. The fraction of sp³-hybridized carbons (Fsp3) is 0.167. The highest BCUT2D eigenvalue weighted by Gasteiger charge is 2.24. The lowest BCUT2D eigenvalue weighted by Gasteiger charge is -1.93. The maximum atomic E-state index is 11.0. The number of nitrogens with zero attached hydrogens (tertiary/aromatic N) is 1. The van der Waals surface area contributed by atoms with E-state index in [0.29, 0.717) is 0 Å². The summed E-state index contributed by atoms with van der Waals surface area (Å²) in [5.74, 6) is -0.755. The number of hydrogen-bond donors (Lipinski definition) is 0. The maximum absolute atomic E-state index is 11.0. The lowest BCUT2D eigenvalue weighted by atomic mass is 10.3. The van der Waals surface area contributed by atoms with Crippen LogP contribution in [0.2, 0.25) is 4.34 Å². The van der Waals surface area contributed by atoms with Crippen LogP contribution in [-0.2, 0) is 4.74 Å². The molecule has 13 heavy (non-hydrogen) atoms. The first-order chi connectivity index (χ1) is 6.06. The zero-order valence-electron chi connectivity index (χ0n) is 6.44. The molecule has 0 saturated heterocycles. The van der Waals surface area contributed by atoms with E-state index in [1.54, 1.807) is 0 Å². The Morgan fingerprint density at radius 3 is 2.85 bits per heavy atom. The molecule has 0 aromatic carbocycles. The molecular weight excluding hydrogens is 218 g/mol. The molecule has 0 amide bonds. The summed E-state index contributed by atoms with van der Waals surface area (Å²) in [6, 6.07) is 1.22. The molecule has 1 heterocycles. The number of rotatable bonds is 2. The molecule has 0 spiro atoms. The molecule has 0 fully saturated rings. The van der Waals surface area contributed by atoms with Gasteiger partial charge in [-0.25, -0.2) is 4.79 Å². The molecule has 0 bridgehead atoms. The minimum absolute atomic E-state index is 0.109. The van der Waals surface area contributed by atoms with E-state index in [-0.39, 0.29) is 14.9 Å². The Kier molecular flexibility index (Phi) is 2.84. The molecule has 0 N–H and O–H groups in total. The van der Waals surface area contributed by atoms with Crippen LogP contribution in [0.5, 0.6) is 0 Å². The Balaban J connectivity index is 3.19. The van der Waals surface area contributed by atoms with Crippen LogP contribution >= 0.6 is 22.9 Å². The fourth-order valence-electron chi connectivity index (χ4n) is 0.744. The predicted octanol–water partition coefficient (Wildman–Crippen LogP) is 2.10. The first-order valence-electron chi connectivity index (χ1n) is 3.08. The van der Waals surface area contributed by atoms with Crippen LogP contribution in [-0.4, -0.2) is 18.0 Å². The highest BCUT2D eigenvalue weighted by molar-refractivity contribution is 7.19. The minimum Gasteiger partial charge on any atom is -0.465 e. The van der Waals surface area contributed by atoms with E-state index in [4.69, 9.17) is 11.6 Å². The van der Waals surface area contributed by atoms with E-state index in [1.165, 1.54) is 6.07 Å². The van der Waals surface area contributed by atoms with Crippen molar-refractivity contribution in [3.63, 3.8) is 0 Å². The Morgan fingerprint density at radius 2 is 2.38 bits per heavy atom. The molecule has 0 saturated carbocycles. The van der Waals surface area contributed by atoms with Gasteiger partial charge in [-0.3, -0.25) is 10.1 Å². The Hall–Kier alpha value is -1.14. The summed E-state index contributed by atoms with van der Waals surface area (Å²) in [6.45, 7) is 0. The second-order valence-corrected chi connectivity index (χ2v) is 3.68. The highest BCUT2D eigenvalue weighted by Crippen LogP contribution is 2.33. The monoisotopic (exact) mass is 221 g/mol. The molecule has 70 valence electrons. The SMILES string of the molecule is COC(=O)c1cc(Cl)sc1[N+](=O)[O-]. The van der Waals surface area contributed by atoms with E-state index in [9.17, 15) is 14.9 Å². The zero-order valence-corrected chi connectivity index (χ0v) is 8.02. The van der Waals surface area contributed by atoms with Crippen molar-refractivity contribution < 1.29 is 14.5 Å². The first kappa shape index (κ1) is 9.94. The summed E-state index contributed by atoms with van der Waals surface area (Å²) >= 11 is 6.25. The van der Waals surface area contributed by atoms with Crippen molar-refractivity contribution in [2.45, 2.75) is 0 Å². The molecule has 0 radical (unpaired) electrons. The lowest BCUT2D eigenvalue weighted by molar-refractivity contribution is -0.380. The number of hydrogen-bond acceptors (Lipinski definition) is 5. The maximum Gasteiger partial charge on any atom is 0.345 e. The van der Waals surface area contributed by atoms with Gasteiger partial charge in [-0.1, -0.05) is 22.9 Å². The van der Waals surface area contributed by atoms with Crippen LogP contribution in [0.15, 0.2) is 6.07 Å². The van der Waals surface area contributed by atoms with Gasteiger partial charge in [-0.2, -0.15) is 0 Å². The number of carbonyl (C=O) groups excluding carboxylic acids is 1. The molecule has 1 aromatic heterocycles. The van der Waals surface area contributed by atoms with Crippen LogP contribution in [0, 0.1) is 10.1 Å². The van der Waals surface area contributed by atoms with Crippen LogP contribution in [0.3, 0.4) is 0 Å². The normalized spacial score (nSPS) is 9.69. The second kappa shape index (κ2) is 3.71. The number of nitro groups is 1. The molecule has 0 aliphatic carbocycles. The summed E-state index contributed by atoms with van der Waals surface area (Å²) in [5, 5.41) is 10.1. The Bertz CT molecular complexity index is 362. The third kappa shape index (κ3) is 1.96. The summed E-state index contributed by atoms with van der Waals surface area (Å²) in [4.78, 5) is 20.7.